The number of likely N-dealkylation sites (N-methyl/N-ethyl adjacent to an activating group) is 1. The van der Waals surface area contributed by atoms with Gasteiger partial charge in [0.1, 0.15) is 6.04 Å². The summed E-state index contributed by atoms with van der Waals surface area (Å²) >= 11 is 0. The van der Waals surface area contributed by atoms with Crippen molar-refractivity contribution in [1.29, 1.82) is 0 Å². The van der Waals surface area contributed by atoms with Gasteiger partial charge in [0.15, 0.2) is 5.78 Å². The third-order valence-corrected chi connectivity index (χ3v) is 4.37. The molecular weight excluding hydrogens is 198 g/mol. The number of hydrogen-bond donors (Lipinski definition) is 0. The van der Waals surface area contributed by atoms with E-state index in [0.717, 1.165) is 22.9 Å². The molecule has 0 radical (unpaired) electrons. The van der Waals surface area contributed by atoms with Gasteiger partial charge in [0.05, 0.1) is 20.6 Å². The second-order valence-corrected chi connectivity index (χ2v) is 6.06. The lowest BCUT2D eigenvalue weighted by atomic mass is 9.84. The van der Waals surface area contributed by atoms with E-state index in [1.54, 1.807) is 0 Å². The third-order valence-electron chi connectivity index (χ3n) is 4.37. The van der Waals surface area contributed by atoms with Crippen molar-refractivity contribution in [3.05, 3.63) is 11.6 Å². The highest BCUT2D eigenvalue weighted by molar-refractivity contribution is 5.97. The van der Waals surface area contributed by atoms with Crippen molar-refractivity contribution in [2.75, 3.05) is 20.6 Å². The van der Waals surface area contributed by atoms with Crippen molar-refractivity contribution in [3.63, 3.8) is 0 Å². The van der Waals surface area contributed by atoms with Gasteiger partial charge in [-0.3, -0.25) is 4.79 Å². The molecule has 0 N–H and O–H groups in total. The van der Waals surface area contributed by atoms with E-state index in [0.29, 0.717) is 11.8 Å². The van der Waals surface area contributed by atoms with Gasteiger partial charge in [0.2, 0.25) is 0 Å². The van der Waals surface area contributed by atoms with Gasteiger partial charge in [-0.25, -0.2) is 0 Å². The highest BCUT2D eigenvalue weighted by Crippen LogP contribution is 2.29. The Morgan fingerprint density at radius 3 is 2.62 bits per heavy atom. The van der Waals surface area contributed by atoms with Gasteiger partial charge in [0.25, 0.3) is 0 Å². The summed E-state index contributed by atoms with van der Waals surface area (Å²) in [5, 5.41) is 0. The van der Waals surface area contributed by atoms with Crippen molar-refractivity contribution in [3.8, 4) is 0 Å². The molecule has 2 aliphatic rings. The molecule has 1 heterocycles. The fourth-order valence-electron chi connectivity index (χ4n) is 3.08. The molecule has 16 heavy (non-hydrogen) atoms. The van der Waals surface area contributed by atoms with Crippen molar-refractivity contribution >= 4 is 5.78 Å². The number of hydrogen-bond acceptors (Lipinski definition) is 1. The van der Waals surface area contributed by atoms with Crippen LogP contribution in [0.5, 0.6) is 0 Å². The molecule has 0 spiro atoms. The number of allylic oxidation sites excluding steroid dienone is 1. The van der Waals surface area contributed by atoms with E-state index in [1.165, 1.54) is 25.8 Å². The Kier molecular flexibility index (Phi) is 3.20. The first-order chi connectivity index (χ1) is 7.50. The Balaban J connectivity index is 2.14. The predicted molar refractivity (Wildman–Crippen MR) is 66.1 cm³/mol. The van der Waals surface area contributed by atoms with Gasteiger partial charge >= 0.3 is 0 Å². The minimum Gasteiger partial charge on any atom is -0.323 e. The molecule has 0 bridgehead atoms. The van der Waals surface area contributed by atoms with Crippen molar-refractivity contribution in [1.82, 2.24) is 0 Å². The largest absolute Gasteiger partial charge is 0.323 e. The monoisotopic (exact) mass is 222 g/mol. The van der Waals surface area contributed by atoms with Gasteiger partial charge in [-0.2, -0.15) is 0 Å². The molecule has 0 aromatic heterocycles. The Bertz CT molecular complexity index is 317. The van der Waals surface area contributed by atoms with E-state index in [-0.39, 0.29) is 5.92 Å². The van der Waals surface area contributed by atoms with Gasteiger partial charge in [-0.15, -0.1) is 0 Å². The average molecular weight is 222 g/mol. The predicted octanol–water partition coefficient (Wildman–Crippen LogP) is 2.54. The van der Waals surface area contributed by atoms with Gasteiger partial charge in [0, 0.05) is 18.8 Å². The van der Waals surface area contributed by atoms with Crippen LogP contribution in [0, 0.1) is 5.92 Å². The lowest BCUT2D eigenvalue weighted by molar-refractivity contribution is -0.895. The Labute approximate surface area is 98.9 Å². The summed E-state index contributed by atoms with van der Waals surface area (Å²) in [6, 6.07) is 0.573. The molecule has 90 valence electrons. The van der Waals surface area contributed by atoms with Crippen LogP contribution in [0.3, 0.4) is 0 Å². The molecule has 2 nitrogen and oxygen atoms in total. The topological polar surface area (TPSA) is 17.1 Å². The van der Waals surface area contributed by atoms with E-state index in [9.17, 15) is 4.79 Å². The van der Waals surface area contributed by atoms with Crippen LogP contribution >= 0.6 is 0 Å². The summed E-state index contributed by atoms with van der Waals surface area (Å²) in [4.78, 5) is 12.0. The van der Waals surface area contributed by atoms with E-state index >= 15 is 0 Å². The maximum Gasteiger partial charge on any atom is 0.161 e. The quantitative estimate of drug-likeness (QED) is 0.492. The van der Waals surface area contributed by atoms with Gasteiger partial charge in [-0.05, 0) is 30.9 Å². The van der Waals surface area contributed by atoms with Crippen LogP contribution in [0.25, 0.3) is 0 Å². The number of Topliss-reactive ketones (excluding diaryl/α,β-unsaturated/α-hetero) is 1. The number of likely N-dealkylation sites (tertiary alicyclic amines) is 1. The second-order valence-electron chi connectivity index (χ2n) is 6.06. The summed E-state index contributed by atoms with van der Waals surface area (Å²) in [6.07, 6.45) is 8.13. The fraction of sp³-hybridized carbons (Fsp3) is 0.786. The zero-order valence-electron chi connectivity index (χ0n) is 10.8. The Morgan fingerprint density at radius 1 is 1.25 bits per heavy atom. The maximum atomic E-state index is 12.0. The first-order valence-corrected chi connectivity index (χ1v) is 6.58. The van der Waals surface area contributed by atoms with Crippen molar-refractivity contribution < 1.29 is 9.28 Å². The van der Waals surface area contributed by atoms with Crippen LogP contribution in [0.15, 0.2) is 11.6 Å². The average Bonchev–Trinajstić information content (AvgIpc) is 2.54. The molecule has 1 saturated carbocycles. The van der Waals surface area contributed by atoms with Crippen LogP contribution in [-0.4, -0.2) is 36.9 Å². The number of nitrogens with zero attached hydrogens (tertiary/aromatic N) is 1. The molecule has 1 aliphatic heterocycles. The molecule has 2 fully saturated rings. The lowest BCUT2D eigenvalue weighted by Gasteiger charge is -2.31. The number of carbonyl (C=O) groups is 1. The highest BCUT2D eigenvalue weighted by Gasteiger charge is 2.34. The molecule has 0 aromatic rings. The molecule has 2 rings (SSSR count). The minimum absolute atomic E-state index is 0.261. The second kappa shape index (κ2) is 4.33. The van der Waals surface area contributed by atoms with Crippen LogP contribution in [-0.2, 0) is 4.79 Å². The highest BCUT2D eigenvalue weighted by atomic mass is 16.1. The zero-order valence-corrected chi connectivity index (χ0v) is 10.8. The van der Waals surface area contributed by atoms with Crippen LogP contribution in [0.4, 0.5) is 0 Å². The van der Waals surface area contributed by atoms with Gasteiger partial charge in [-0.1, -0.05) is 6.92 Å². The molecule has 1 saturated heterocycles. The van der Waals surface area contributed by atoms with E-state index in [2.05, 4.69) is 27.1 Å². The number of quaternary nitrogens is 1. The van der Waals surface area contributed by atoms with Crippen LogP contribution in [0.1, 0.15) is 39.0 Å². The zero-order chi connectivity index (χ0) is 11.8. The summed E-state index contributed by atoms with van der Waals surface area (Å²) < 4.78 is 1.06. The fourth-order valence-corrected chi connectivity index (χ4v) is 3.08. The van der Waals surface area contributed by atoms with Gasteiger partial charge < -0.3 is 4.48 Å². The van der Waals surface area contributed by atoms with Crippen molar-refractivity contribution in [2.24, 2.45) is 5.92 Å². The van der Waals surface area contributed by atoms with Crippen LogP contribution < -0.4 is 0 Å². The van der Waals surface area contributed by atoms with Crippen molar-refractivity contribution in [2.45, 2.75) is 45.1 Å². The van der Waals surface area contributed by atoms with Crippen LogP contribution in [0.2, 0.25) is 0 Å². The molecule has 2 unspecified atom stereocenters. The summed E-state index contributed by atoms with van der Waals surface area (Å²) in [6.45, 7) is 3.32. The van der Waals surface area contributed by atoms with E-state index in [4.69, 9.17) is 0 Å². The van der Waals surface area contributed by atoms with E-state index in [1.807, 2.05) is 0 Å². The first kappa shape index (κ1) is 11.8. The number of carbonyl (C=O) groups excluding carboxylic acids is 1. The lowest BCUT2D eigenvalue weighted by Crippen LogP contribution is -2.43. The normalized spacial score (nSPS) is 36.9. The SMILES string of the molecule is CC1CCC/C(=C\C2CCC[N+]2(C)C)C1=O. The number of ketones is 1. The molecule has 0 aromatic carbocycles. The molecular formula is C14H24NO+. The number of rotatable bonds is 1. The molecule has 0 amide bonds. The summed E-state index contributed by atoms with van der Waals surface area (Å²) in [7, 11) is 4.57. The summed E-state index contributed by atoms with van der Waals surface area (Å²) in [5.41, 5.74) is 1.12. The third kappa shape index (κ3) is 2.22. The molecule has 2 heteroatoms. The van der Waals surface area contributed by atoms with E-state index < -0.39 is 0 Å². The Hall–Kier alpha value is -0.630. The smallest absolute Gasteiger partial charge is 0.161 e. The molecule has 2 atom stereocenters. The Morgan fingerprint density at radius 2 is 2.00 bits per heavy atom. The maximum absolute atomic E-state index is 12.0. The standard InChI is InChI=1S/C14H24NO/c1-11-6-4-7-12(14(11)16)10-13-8-5-9-15(13,2)3/h10-11,13H,4-9H2,1-3H3/q+1/b12-10+. The summed E-state index contributed by atoms with van der Waals surface area (Å²) in [5.74, 6) is 0.676. The minimum atomic E-state index is 0.261. The first-order valence-electron chi connectivity index (χ1n) is 6.58. The molecule has 1 aliphatic carbocycles.